The van der Waals surface area contributed by atoms with Gasteiger partial charge < -0.3 is 4.90 Å². The summed E-state index contributed by atoms with van der Waals surface area (Å²) in [5.74, 6) is 0.385. The maximum atomic E-state index is 11.9. The molecule has 0 N–H and O–H groups in total. The summed E-state index contributed by atoms with van der Waals surface area (Å²) in [6.07, 6.45) is 0. The molecule has 2 nitrogen and oxygen atoms in total. The van der Waals surface area contributed by atoms with Crippen LogP contribution in [0, 0.1) is 0 Å². The summed E-state index contributed by atoms with van der Waals surface area (Å²) in [6.45, 7) is 1.90. The van der Waals surface area contributed by atoms with E-state index in [0.29, 0.717) is 16.5 Å². The molecule has 0 heterocycles. The van der Waals surface area contributed by atoms with Gasteiger partial charge >= 0.3 is 0 Å². The number of benzene rings is 1. The lowest BCUT2D eigenvalue weighted by atomic mass is 10.2. The molecule has 0 aliphatic carbocycles. The van der Waals surface area contributed by atoms with Crippen molar-refractivity contribution in [1.29, 1.82) is 0 Å². The minimum absolute atomic E-state index is 0.0230. The first-order valence-corrected chi connectivity index (χ1v) is 5.56. The minimum atomic E-state index is -0.0418. The van der Waals surface area contributed by atoms with Crippen LogP contribution in [0.15, 0.2) is 24.3 Å². The third kappa shape index (κ3) is 3.11. The number of rotatable bonds is 3. The lowest BCUT2D eigenvalue weighted by Crippen LogP contribution is -2.36. The Morgan fingerprint density at radius 3 is 2.40 bits per heavy atom. The molecule has 1 aromatic rings. The van der Waals surface area contributed by atoms with E-state index in [-0.39, 0.29) is 11.9 Å². The molecule has 0 saturated heterocycles. The molecule has 0 fully saturated rings. The number of hydrogen-bond acceptors (Lipinski definition) is 1. The van der Waals surface area contributed by atoms with E-state index in [4.69, 9.17) is 23.2 Å². The second kappa shape index (κ2) is 5.38. The molecule has 0 aliphatic rings. The van der Waals surface area contributed by atoms with Crippen LogP contribution in [0.5, 0.6) is 0 Å². The molecule has 0 bridgehead atoms. The number of carbonyl (C=O) groups is 1. The highest BCUT2D eigenvalue weighted by molar-refractivity contribution is 6.30. The molecule has 0 saturated carbocycles. The molecule has 0 radical (unpaired) electrons. The van der Waals surface area contributed by atoms with Crippen LogP contribution in [0.3, 0.4) is 0 Å². The predicted octanol–water partition coefficient (Wildman–Crippen LogP) is 3.04. The third-order valence-electron chi connectivity index (χ3n) is 2.30. The minimum Gasteiger partial charge on any atom is -0.338 e. The summed E-state index contributed by atoms with van der Waals surface area (Å²) in [6, 6.07) is 6.85. The van der Waals surface area contributed by atoms with Crippen molar-refractivity contribution in [3.63, 3.8) is 0 Å². The molecule has 1 unspecified atom stereocenters. The van der Waals surface area contributed by atoms with Crippen LogP contribution in [-0.4, -0.2) is 29.8 Å². The molecular weight excluding hydrogens is 233 g/mol. The fourth-order valence-electron chi connectivity index (χ4n) is 1.10. The topological polar surface area (TPSA) is 20.3 Å². The Morgan fingerprint density at radius 1 is 1.40 bits per heavy atom. The van der Waals surface area contributed by atoms with Gasteiger partial charge in [-0.05, 0) is 31.2 Å². The van der Waals surface area contributed by atoms with Gasteiger partial charge in [-0.15, -0.1) is 11.6 Å². The van der Waals surface area contributed by atoms with E-state index >= 15 is 0 Å². The van der Waals surface area contributed by atoms with Gasteiger partial charge in [-0.3, -0.25) is 4.79 Å². The summed E-state index contributed by atoms with van der Waals surface area (Å²) in [7, 11) is 1.74. The molecule has 4 heteroatoms. The molecule has 0 aromatic heterocycles. The molecule has 1 amide bonds. The third-order valence-corrected chi connectivity index (χ3v) is 2.99. The fraction of sp³-hybridized carbons (Fsp3) is 0.364. The molecule has 0 aliphatic heterocycles. The number of halogens is 2. The smallest absolute Gasteiger partial charge is 0.253 e. The number of carbonyl (C=O) groups excluding carboxylic acids is 1. The van der Waals surface area contributed by atoms with Crippen LogP contribution in [0.2, 0.25) is 5.02 Å². The van der Waals surface area contributed by atoms with Crippen molar-refractivity contribution in [3.05, 3.63) is 34.9 Å². The van der Waals surface area contributed by atoms with Crippen molar-refractivity contribution in [2.75, 3.05) is 12.9 Å². The van der Waals surface area contributed by atoms with Gasteiger partial charge in [0.25, 0.3) is 5.91 Å². The molecule has 1 rings (SSSR count). The maximum absolute atomic E-state index is 11.9. The Morgan fingerprint density at radius 2 is 1.93 bits per heavy atom. The van der Waals surface area contributed by atoms with Crippen molar-refractivity contribution in [2.45, 2.75) is 13.0 Å². The highest BCUT2D eigenvalue weighted by atomic mass is 35.5. The summed E-state index contributed by atoms with van der Waals surface area (Å²) in [5.41, 5.74) is 0.624. The van der Waals surface area contributed by atoms with Gasteiger partial charge in [-0.25, -0.2) is 0 Å². The second-order valence-electron chi connectivity index (χ2n) is 3.43. The van der Waals surface area contributed by atoms with Crippen LogP contribution in [0.25, 0.3) is 0 Å². The second-order valence-corrected chi connectivity index (χ2v) is 4.17. The Labute approximate surface area is 99.8 Å². The summed E-state index contributed by atoms with van der Waals surface area (Å²) >= 11 is 11.4. The first-order chi connectivity index (χ1) is 7.06. The Bertz CT molecular complexity index is 337. The highest BCUT2D eigenvalue weighted by Crippen LogP contribution is 2.12. The van der Waals surface area contributed by atoms with Crippen molar-refractivity contribution in [3.8, 4) is 0 Å². The Balaban J connectivity index is 2.80. The van der Waals surface area contributed by atoms with Crippen molar-refractivity contribution < 1.29 is 4.79 Å². The van der Waals surface area contributed by atoms with E-state index < -0.39 is 0 Å². The molecular formula is C11H13Cl2NO. The quantitative estimate of drug-likeness (QED) is 0.750. The van der Waals surface area contributed by atoms with Crippen molar-refractivity contribution in [2.24, 2.45) is 0 Å². The van der Waals surface area contributed by atoms with Gasteiger partial charge in [-0.2, -0.15) is 0 Å². The Kier molecular flexibility index (Phi) is 4.43. The lowest BCUT2D eigenvalue weighted by molar-refractivity contribution is 0.0757. The Hall–Kier alpha value is -0.730. The summed E-state index contributed by atoms with van der Waals surface area (Å²) < 4.78 is 0. The van der Waals surface area contributed by atoms with E-state index in [2.05, 4.69) is 0 Å². The lowest BCUT2D eigenvalue weighted by Gasteiger charge is -2.23. The zero-order chi connectivity index (χ0) is 11.4. The van der Waals surface area contributed by atoms with E-state index in [1.807, 2.05) is 6.92 Å². The number of hydrogen-bond donors (Lipinski definition) is 0. The monoisotopic (exact) mass is 245 g/mol. The first-order valence-electron chi connectivity index (χ1n) is 4.65. The number of amides is 1. The van der Waals surface area contributed by atoms with Crippen LogP contribution >= 0.6 is 23.2 Å². The van der Waals surface area contributed by atoms with Crippen LogP contribution in [0.4, 0.5) is 0 Å². The van der Waals surface area contributed by atoms with E-state index in [0.717, 1.165) is 0 Å². The zero-order valence-electron chi connectivity index (χ0n) is 8.71. The van der Waals surface area contributed by atoms with Crippen molar-refractivity contribution in [1.82, 2.24) is 4.90 Å². The zero-order valence-corrected chi connectivity index (χ0v) is 10.2. The average Bonchev–Trinajstić information content (AvgIpc) is 2.27. The standard InChI is InChI=1S/C11H13Cl2NO/c1-8(7-12)14(2)11(15)9-3-5-10(13)6-4-9/h3-6,8H,7H2,1-2H3. The van der Waals surface area contributed by atoms with Gasteiger partial charge in [-0.1, -0.05) is 11.6 Å². The molecule has 15 heavy (non-hydrogen) atoms. The van der Waals surface area contributed by atoms with E-state index in [1.54, 1.807) is 36.2 Å². The average molecular weight is 246 g/mol. The summed E-state index contributed by atoms with van der Waals surface area (Å²) in [4.78, 5) is 13.5. The molecule has 1 atom stereocenters. The van der Waals surface area contributed by atoms with E-state index in [1.165, 1.54) is 0 Å². The van der Waals surface area contributed by atoms with Gasteiger partial charge in [0.05, 0.1) is 0 Å². The van der Waals surface area contributed by atoms with Crippen LogP contribution in [0.1, 0.15) is 17.3 Å². The van der Waals surface area contributed by atoms with Crippen LogP contribution < -0.4 is 0 Å². The molecule has 0 spiro atoms. The van der Waals surface area contributed by atoms with Gasteiger partial charge in [0.1, 0.15) is 0 Å². The highest BCUT2D eigenvalue weighted by Gasteiger charge is 2.16. The normalized spacial score (nSPS) is 12.3. The largest absolute Gasteiger partial charge is 0.338 e. The molecule has 1 aromatic carbocycles. The van der Waals surface area contributed by atoms with Gasteiger partial charge in [0.15, 0.2) is 0 Å². The summed E-state index contributed by atoms with van der Waals surface area (Å²) in [5, 5.41) is 0.625. The van der Waals surface area contributed by atoms with Crippen LogP contribution in [-0.2, 0) is 0 Å². The predicted molar refractivity (Wildman–Crippen MR) is 63.7 cm³/mol. The first kappa shape index (κ1) is 12.3. The maximum Gasteiger partial charge on any atom is 0.253 e. The van der Waals surface area contributed by atoms with E-state index in [9.17, 15) is 4.79 Å². The SMILES string of the molecule is CC(CCl)N(C)C(=O)c1ccc(Cl)cc1. The molecule has 82 valence electrons. The number of alkyl halides is 1. The number of nitrogens with zero attached hydrogens (tertiary/aromatic N) is 1. The van der Waals surface area contributed by atoms with Gasteiger partial charge in [0, 0.05) is 29.6 Å². The van der Waals surface area contributed by atoms with Gasteiger partial charge in [0.2, 0.25) is 0 Å². The fourth-order valence-corrected chi connectivity index (χ4v) is 1.43. The van der Waals surface area contributed by atoms with Crippen molar-refractivity contribution >= 4 is 29.1 Å².